The van der Waals surface area contributed by atoms with Crippen LogP contribution in [0.25, 0.3) is 30.8 Å². The van der Waals surface area contributed by atoms with Crippen molar-refractivity contribution in [3.8, 4) is 0 Å². The minimum Gasteiger partial charge on any atom is -3.00 e. The third kappa shape index (κ3) is 226. The molecule has 0 aromatic carbocycles. The van der Waals surface area contributed by atoms with Gasteiger partial charge in [0, 0.05) is 7.43 Å². The van der Waals surface area contributed by atoms with Crippen molar-refractivity contribution < 1.29 is 55.7 Å². The van der Waals surface area contributed by atoms with Gasteiger partial charge in [-0.05, 0) is 0 Å². The van der Waals surface area contributed by atoms with E-state index >= 15 is 0 Å². The summed E-state index contributed by atoms with van der Waals surface area (Å²) in [6, 6.07) is 0. The standard InChI is InChI=1S/C.5N.3V/q;5*-3;3*+5. The van der Waals surface area contributed by atoms with E-state index in [1.54, 1.807) is 0 Å². The Morgan fingerprint density at radius 1 is 0.333 bits per heavy atom. The van der Waals surface area contributed by atoms with E-state index in [0.717, 1.165) is 0 Å². The second-order valence-electron chi connectivity index (χ2n) is 0. The molecule has 0 aliphatic rings. The van der Waals surface area contributed by atoms with Crippen LogP contribution in [0.3, 0.4) is 0 Å². The minimum absolute atomic E-state index is 0. The van der Waals surface area contributed by atoms with Gasteiger partial charge in [-0.15, -0.1) is 0 Å². The van der Waals surface area contributed by atoms with Crippen LogP contribution >= 0.6 is 0 Å². The Bertz CT molecular complexity index is 12.2. The fourth-order valence-electron chi connectivity index (χ4n) is 0. The Balaban J connectivity index is 0. The van der Waals surface area contributed by atoms with Gasteiger partial charge in [-0.3, -0.25) is 0 Å². The van der Waals surface area contributed by atoms with Crippen LogP contribution in [0, 0.1) is 7.43 Å². The number of rotatable bonds is 0. The predicted octanol–water partition coefficient (Wildman–Crippen LogP) is 1.52. The van der Waals surface area contributed by atoms with Crippen LogP contribution in [0.1, 0.15) is 0 Å². The van der Waals surface area contributed by atoms with E-state index in [1.165, 1.54) is 0 Å². The summed E-state index contributed by atoms with van der Waals surface area (Å²) >= 11 is 0. The third-order valence-corrected chi connectivity index (χ3v) is 0. The molecular formula is CN5V3. The van der Waals surface area contributed by atoms with Gasteiger partial charge in [0.25, 0.3) is 0 Å². The van der Waals surface area contributed by atoms with E-state index in [9.17, 15) is 0 Å². The molecule has 0 bridgehead atoms. The molecule has 0 saturated carbocycles. The second-order valence-corrected chi connectivity index (χ2v) is 0. The summed E-state index contributed by atoms with van der Waals surface area (Å²) in [4.78, 5) is 0. The number of hydrogen-bond donors (Lipinski definition) is 0. The Kier molecular flexibility index (Phi) is 12800. The van der Waals surface area contributed by atoms with E-state index in [0.29, 0.717) is 0 Å². The molecule has 0 heterocycles. The molecule has 0 fully saturated rings. The van der Waals surface area contributed by atoms with Gasteiger partial charge >= 0.3 is 55.7 Å². The fourth-order valence-corrected chi connectivity index (χ4v) is 0. The van der Waals surface area contributed by atoms with Crippen molar-refractivity contribution in [3.05, 3.63) is 38.2 Å². The maximum atomic E-state index is 0. The molecule has 0 rings (SSSR count). The molecule has 0 atom stereocenters. The topological polar surface area (TPSA) is 152 Å². The Labute approximate surface area is 93.4 Å². The first kappa shape index (κ1) is 399. The molecule has 0 saturated heterocycles. The molecule has 0 amide bonds. The maximum Gasteiger partial charge on any atom is 5.00 e. The van der Waals surface area contributed by atoms with Crippen LogP contribution in [-0.2, 0) is 55.7 Å². The summed E-state index contributed by atoms with van der Waals surface area (Å²) in [5.41, 5.74) is 0. The first-order chi connectivity index (χ1) is 0. The Morgan fingerprint density at radius 2 is 0.333 bits per heavy atom. The van der Waals surface area contributed by atoms with Gasteiger partial charge in [-0.25, -0.2) is 0 Å². The number of hydrogen-bond acceptors (Lipinski definition) is 0. The molecule has 0 N–H and O–H groups in total. The average Bonchev–Trinajstić information content (AvgIpc) is 0. The van der Waals surface area contributed by atoms with E-state index in [-0.39, 0.29) is 93.8 Å². The van der Waals surface area contributed by atoms with Gasteiger partial charge in [0.1, 0.15) is 0 Å². The van der Waals surface area contributed by atoms with E-state index in [1.807, 2.05) is 0 Å². The molecule has 8 heteroatoms. The molecular weight excluding hydrogens is 235 g/mol. The summed E-state index contributed by atoms with van der Waals surface area (Å²) in [6.45, 7) is 0. The number of nitrogens with zero attached hydrogens (tertiary/aromatic N) is 5. The van der Waals surface area contributed by atoms with Crippen molar-refractivity contribution in [2.45, 2.75) is 0 Å². The minimum atomic E-state index is 0. The Hall–Kier alpha value is 1.55. The van der Waals surface area contributed by atoms with Crippen LogP contribution in [0.5, 0.6) is 0 Å². The van der Waals surface area contributed by atoms with Gasteiger partial charge in [-0.1, -0.05) is 0 Å². The van der Waals surface area contributed by atoms with Gasteiger partial charge in [0.2, 0.25) is 0 Å². The van der Waals surface area contributed by atoms with E-state index in [4.69, 9.17) is 0 Å². The molecule has 0 unspecified atom stereocenters. The normalized spacial score (nSPS) is 0. The molecule has 0 aliphatic carbocycles. The van der Waals surface area contributed by atoms with Crippen molar-refractivity contribution in [3.63, 3.8) is 0 Å². The van der Waals surface area contributed by atoms with Crippen LogP contribution in [0.4, 0.5) is 0 Å². The van der Waals surface area contributed by atoms with E-state index < -0.39 is 0 Å². The van der Waals surface area contributed by atoms with E-state index in [2.05, 4.69) is 0 Å². The second kappa shape index (κ2) is 290. The molecule has 0 spiro atoms. The van der Waals surface area contributed by atoms with Crippen molar-refractivity contribution in [2.24, 2.45) is 0 Å². The molecule has 4 radical (unpaired) electrons. The molecule has 5 nitrogen and oxygen atoms in total. The van der Waals surface area contributed by atoms with Crippen molar-refractivity contribution >= 4 is 0 Å². The van der Waals surface area contributed by atoms with Crippen molar-refractivity contribution in [1.29, 1.82) is 0 Å². The zero-order valence-corrected chi connectivity index (χ0v) is 8.27. The molecule has 0 aromatic rings. The summed E-state index contributed by atoms with van der Waals surface area (Å²) in [5.74, 6) is 0. The van der Waals surface area contributed by atoms with Crippen LogP contribution < -0.4 is 0 Å². The quantitative estimate of drug-likeness (QED) is 0.597. The summed E-state index contributed by atoms with van der Waals surface area (Å²) in [5, 5.41) is 0. The van der Waals surface area contributed by atoms with Gasteiger partial charge in [-0.2, -0.15) is 0 Å². The average molecular weight is 235 g/mol. The maximum absolute atomic E-state index is 0. The summed E-state index contributed by atoms with van der Waals surface area (Å²) < 4.78 is 0. The molecule has 0 aliphatic heterocycles. The molecule has 44 valence electrons. The zero-order valence-electron chi connectivity index (χ0n) is 4.08. The third-order valence-electron chi connectivity index (χ3n) is 0. The monoisotopic (exact) mass is 235 g/mol. The van der Waals surface area contributed by atoms with Crippen LogP contribution in [0.2, 0.25) is 0 Å². The van der Waals surface area contributed by atoms with Gasteiger partial charge < -0.3 is 30.8 Å². The van der Waals surface area contributed by atoms with Crippen molar-refractivity contribution in [2.75, 3.05) is 0 Å². The SMILES string of the molecule is [C].[N-3].[N-3].[N-3].[N-3].[N-3].[V+5].[V+5].[V+5]. The largest absolute Gasteiger partial charge is 5.00 e. The smallest absolute Gasteiger partial charge is 3.00 e. The zero-order chi connectivity index (χ0) is 0. The molecule has 0 aromatic heterocycles. The molecule has 9 heavy (non-hydrogen) atoms. The first-order valence-electron chi connectivity index (χ1n) is 0. The predicted molar refractivity (Wildman–Crippen MR) is 20.0 cm³/mol. The van der Waals surface area contributed by atoms with Crippen LogP contribution in [-0.4, -0.2) is 0 Å². The fraction of sp³-hybridized carbons (Fsp3) is 0. The van der Waals surface area contributed by atoms with Gasteiger partial charge in [0.15, 0.2) is 0 Å². The van der Waals surface area contributed by atoms with Gasteiger partial charge in [0.05, 0.1) is 0 Å². The Morgan fingerprint density at radius 3 is 0.333 bits per heavy atom. The van der Waals surface area contributed by atoms with Crippen molar-refractivity contribution in [1.82, 2.24) is 0 Å². The first-order valence-corrected chi connectivity index (χ1v) is 0. The summed E-state index contributed by atoms with van der Waals surface area (Å²) in [6.07, 6.45) is 0. The van der Waals surface area contributed by atoms with Crippen LogP contribution in [0.15, 0.2) is 0 Å². The summed E-state index contributed by atoms with van der Waals surface area (Å²) in [7, 11) is 0.